The van der Waals surface area contributed by atoms with Crippen LogP contribution in [0.2, 0.25) is 0 Å². The van der Waals surface area contributed by atoms with E-state index in [1.54, 1.807) is 24.3 Å². The van der Waals surface area contributed by atoms with Crippen LogP contribution in [0.4, 0.5) is 11.4 Å². The number of nitro groups is 1. The van der Waals surface area contributed by atoms with Crippen molar-refractivity contribution in [3.8, 4) is 11.5 Å². The molecular formula is C20H16N2O4. The van der Waals surface area contributed by atoms with Crippen molar-refractivity contribution in [2.75, 3.05) is 0 Å². The van der Waals surface area contributed by atoms with Crippen molar-refractivity contribution < 1.29 is 14.8 Å². The van der Waals surface area contributed by atoms with Gasteiger partial charge in [0.15, 0.2) is 0 Å². The first-order chi connectivity index (χ1) is 12.6. The highest BCUT2D eigenvalue weighted by Crippen LogP contribution is 2.23. The molecule has 3 aromatic rings. The van der Waals surface area contributed by atoms with Crippen molar-refractivity contribution in [2.24, 2.45) is 4.99 Å². The van der Waals surface area contributed by atoms with Crippen LogP contribution in [-0.2, 0) is 6.61 Å². The second-order valence-electron chi connectivity index (χ2n) is 5.53. The van der Waals surface area contributed by atoms with E-state index in [9.17, 15) is 15.2 Å². The Morgan fingerprint density at radius 2 is 1.77 bits per heavy atom. The summed E-state index contributed by atoms with van der Waals surface area (Å²) in [4.78, 5) is 14.5. The van der Waals surface area contributed by atoms with Gasteiger partial charge in [-0.2, -0.15) is 0 Å². The molecule has 0 aromatic heterocycles. The van der Waals surface area contributed by atoms with Gasteiger partial charge in [0.2, 0.25) is 0 Å². The van der Waals surface area contributed by atoms with Gasteiger partial charge in [0.05, 0.1) is 10.6 Å². The Bertz CT molecular complexity index is 922. The largest absolute Gasteiger partial charge is 0.507 e. The maximum Gasteiger partial charge on any atom is 0.270 e. The van der Waals surface area contributed by atoms with Gasteiger partial charge in [0.25, 0.3) is 5.69 Å². The Labute approximate surface area is 150 Å². The minimum absolute atomic E-state index is 0.0674. The maximum atomic E-state index is 10.8. The van der Waals surface area contributed by atoms with Crippen molar-refractivity contribution in [3.63, 3.8) is 0 Å². The van der Waals surface area contributed by atoms with Gasteiger partial charge in [0.1, 0.15) is 18.1 Å². The fourth-order valence-electron chi connectivity index (χ4n) is 2.27. The van der Waals surface area contributed by atoms with Crippen molar-refractivity contribution in [1.82, 2.24) is 0 Å². The van der Waals surface area contributed by atoms with E-state index in [1.165, 1.54) is 24.4 Å². The van der Waals surface area contributed by atoms with Gasteiger partial charge in [-0.25, -0.2) is 0 Å². The molecule has 0 aliphatic carbocycles. The van der Waals surface area contributed by atoms with Gasteiger partial charge in [-0.1, -0.05) is 30.3 Å². The predicted molar refractivity (Wildman–Crippen MR) is 99.2 cm³/mol. The molecule has 0 saturated heterocycles. The van der Waals surface area contributed by atoms with Crippen molar-refractivity contribution in [3.05, 3.63) is 94.0 Å². The Morgan fingerprint density at radius 1 is 1.04 bits per heavy atom. The molecule has 3 rings (SSSR count). The summed E-state index contributed by atoms with van der Waals surface area (Å²) in [6, 6.07) is 20.8. The zero-order chi connectivity index (χ0) is 18.4. The van der Waals surface area contributed by atoms with Crippen LogP contribution in [0.5, 0.6) is 11.5 Å². The SMILES string of the molecule is O=[N+]([O-])c1ccc(O)c(C=Nc2ccc(OCc3ccccc3)cc2)c1. The summed E-state index contributed by atoms with van der Waals surface area (Å²) in [5.41, 5.74) is 1.90. The number of hydrogen-bond donors (Lipinski definition) is 1. The standard InChI is InChI=1S/C20H16N2O4/c23-20-11-8-18(22(24)25)12-16(20)13-21-17-6-9-19(10-7-17)26-14-15-4-2-1-3-5-15/h1-13,23H,14H2. The number of nitro benzene ring substituents is 1. The van der Waals surface area contributed by atoms with Crippen LogP contribution in [0.15, 0.2) is 77.8 Å². The van der Waals surface area contributed by atoms with Gasteiger partial charge in [0, 0.05) is 23.9 Å². The molecule has 0 atom stereocenters. The van der Waals surface area contributed by atoms with E-state index in [-0.39, 0.29) is 17.0 Å². The van der Waals surface area contributed by atoms with Gasteiger partial charge in [-0.3, -0.25) is 15.1 Å². The topological polar surface area (TPSA) is 85.0 Å². The lowest BCUT2D eigenvalue weighted by Gasteiger charge is -2.06. The molecule has 0 unspecified atom stereocenters. The number of phenolic OH excluding ortho intramolecular Hbond substituents is 1. The number of rotatable bonds is 6. The lowest BCUT2D eigenvalue weighted by atomic mass is 10.2. The minimum atomic E-state index is -0.518. The summed E-state index contributed by atoms with van der Waals surface area (Å²) in [7, 11) is 0. The zero-order valence-corrected chi connectivity index (χ0v) is 13.8. The second kappa shape index (κ2) is 7.94. The number of non-ortho nitro benzene ring substituents is 1. The smallest absolute Gasteiger partial charge is 0.270 e. The van der Waals surface area contributed by atoms with Crippen molar-refractivity contribution in [1.29, 1.82) is 0 Å². The summed E-state index contributed by atoms with van der Waals surface area (Å²) in [6.07, 6.45) is 1.39. The second-order valence-corrected chi connectivity index (χ2v) is 5.53. The Kier molecular flexibility index (Phi) is 5.24. The van der Waals surface area contributed by atoms with Crippen LogP contribution in [0.1, 0.15) is 11.1 Å². The van der Waals surface area contributed by atoms with Gasteiger partial charge in [-0.15, -0.1) is 0 Å². The van der Waals surface area contributed by atoms with Crippen LogP contribution in [0.25, 0.3) is 0 Å². The number of benzene rings is 3. The molecule has 0 radical (unpaired) electrons. The zero-order valence-electron chi connectivity index (χ0n) is 13.8. The van der Waals surface area contributed by atoms with Crippen LogP contribution < -0.4 is 4.74 Å². The summed E-state index contributed by atoms with van der Waals surface area (Å²) < 4.78 is 5.70. The normalized spacial score (nSPS) is 10.8. The van der Waals surface area contributed by atoms with E-state index >= 15 is 0 Å². The molecule has 0 bridgehead atoms. The molecule has 6 heteroatoms. The number of nitrogens with zero attached hydrogens (tertiary/aromatic N) is 2. The first-order valence-electron chi connectivity index (χ1n) is 7.90. The molecule has 0 amide bonds. The summed E-state index contributed by atoms with van der Waals surface area (Å²) in [5.74, 6) is 0.646. The van der Waals surface area contributed by atoms with Gasteiger partial charge in [-0.05, 0) is 35.9 Å². The lowest BCUT2D eigenvalue weighted by molar-refractivity contribution is -0.384. The highest BCUT2D eigenvalue weighted by Gasteiger charge is 2.08. The average Bonchev–Trinajstić information content (AvgIpc) is 2.67. The monoisotopic (exact) mass is 348 g/mol. The summed E-state index contributed by atoms with van der Waals surface area (Å²) in [6.45, 7) is 0.477. The fraction of sp³-hybridized carbons (Fsp3) is 0.0500. The molecule has 0 spiro atoms. The van der Waals surface area contributed by atoms with Crippen LogP contribution in [0, 0.1) is 10.1 Å². The Hall–Kier alpha value is -3.67. The Morgan fingerprint density at radius 3 is 2.46 bits per heavy atom. The van der Waals surface area contributed by atoms with Crippen molar-refractivity contribution >= 4 is 17.6 Å². The van der Waals surface area contributed by atoms with Crippen LogP contribution in [0.3, 0.4) is 0 Å². The Balaban J connectivity index is 1.66. The third-order valence-corrected chi connectivity index (χ3v) is 3.66. The third-order valence-electron chi connectivity index (χ3n) is 3.66. The van der Waals surface area contributed by atoms with E-state index in [1.807, 2.05) is 30.3 Å². The number of ether oxygens (including phenoxy) is 1. The van der Waals surface area contributed by atoms with E-state index < -0.39 is 4.92 Å². The highest BCUT2D eigenvalue weighted by molar-refractivity contribution is 5.86. The molecule has 0 fully saturated rings. The predicted octanol–water partition coefficient (Wildman–Crippen LogP) is 4.63. The van der Waals surface area contributed by atoms with Gasteiger partial charge < -0.3 is 9.84 Å². The summed E-state index contributed by atoms with van der Waals surface area (Å²) >= 11 is 0. The minimum Gasteiger partial charge on any atom is -0.507 e. The van der Waals surface area contributed by atoms with Crippen molar-refractivity contribution in [2.45, 2.75) is 6.61 Å². The fourth-order valence-corrected chi connectivity index (χ4v) is 2.27. The van der Waals surface area contributed by atoms with Crippen LogP contribution >= 0.6 is 0 Å². The molecule has 130 valence electrons. The highest BCUT2D eigenvalue weighted by atomic mass is 16.6. The quantitative estimate of drug-likeness (QED) is 0.400. The molecule has 6 nitrogen and oxygen atoms in total. The third kappa shape index (κ3) is 4.45. The van der Waals surface area contributed by atoms with Gasteiger partial charge >= 0.3 is 0 Å². The number of aliphatic imine (C=N–C) groups is 1. The first-order valence-corrected chi connectivity index (χ1v) is 7.90. The van der Waals surface area contributed by atoms with E-state index in [0.717, 1.165) is 5.56 Å². The lowest BCUT2D eigenvalue weighted by Crippen LogP contribution is -1.94. The van der Waals surface area contributed by atoms with Crippen LogP contribution in [-0.4, -0.2) is 16.2 Å². The number of phenols is 1. The maximum absolute atomic E-state index is 10.8. The average molecular weight is 348 g/mol. The molecule has 1 N–H and O–H groups in total. The molecule has 26 heavy (non-hydrogen) atoms. The number of aromatic hydroxyl groups is 1. The molecule has 0 heterocycles. The summed E-state index contributed by atoms with van der Waals surface area (Å²) in [5, 5.41) is 20.6. The first kappa shape index (κ1) is 17.2. The molecule has 0 aliphatic rings. The molecule has 0 saturated carbocycles. The van der Waals surface area contributed by atoms with E-state index in [0.29, 0.717) is 18.0 Å². The van der Waals surface area contributed by atoms with E-state index in [4.69, 9.17) is 4.74 Å². The number of hydrogen-bond acceptors (Lipinski definition) is 5. The molecule has 0 aliphatic heterocycles. The molecule has 3 aromatic carbocycles. The molecular weight excluding hydrogens is 332 g/mol. The van der Waals surface area contributed by atoms with E-state index in [2.05, 4.69) is 4.99 Å².